The number of hydrogen-bond acceptors (Lipinski definition) is 6. The van der Waals surface area contributed by atoms with Crippen LogP contribution in [0.5, 0.6) is 17.4 Å². The van der Waals surface area contributed by atoms with Crippen LogP contribution in [0.2, 0.25) is 5.02 Å². The van der Waals surface area contributed by atoms with E-state index in [0.29, 0.717) is 40.6 Å². The summed E-state index contributed by atoms with van der Waals surface area (Å²) in [6.45, 7) is 0.793. The van der Waals surface area contributed by atoms with Gasteiger partial charge in [0.1, 0.15) is 18.6 Å². The van der Waals surface area contributed by atoms with Crippen LogP contribution in [0.15, 0.2) is 6.07 Å². The molecule has 0 fully saturated rings. The van der Waals surface area contributed by atoms with E-state index < -0.39 is 0 Å². The highest BCUT2D eigenvalue weighted by Crippen LogP contribution is 2.45. The van der Waals surface area contributed by atoms with Crippen molar-refractivity contribution in [3.8, 4) is 17.4 Å². The Labute approximate surface area is 101 Å². The van der Waals surface area contributed by atoms with Gasteiger partial charge in [-0.2, -0.15) is 4.98 Å². The second-order valence-corrected chi connectivity index (χ2v) is 3.92. The molecule has 3 rings (SSSR count). The lowest BCUT2D eigenvalue weighted by molar-refractivity contribution is 0.173. The number of nitrogens with zero attached hydrogens (tertiary/aromatic N) is 2. The summed E-state index contributed by atoms with van der Waals surface area (Å²) in [7, 11) is 0. The summed E-state index contributed by atoms with van der Waals surface area (Å²) < 4.78 is 10.8. The van der Waals surface area contributed by atoms with Crippen molar-refractivity contribution in [1.29, 1.82) is 0 Å². The van der Waals surface area contributed by atoms with E-state index in [9.17, 15) is 5.11 Å². The number of ether oxygens (including phenoxy) is 2. The molecule has 2 heterocycles. The molecule has 0 radical (unpaired) electrons. The van der Waals surface area contributed by atoms with Crippen molar-refractivity contribution in [2.45, 2.75) is 0 Å². The number of rotatable bonds is 0. The zero-order valence-corrected chi connectivity index (χ0v) is 9.36. The molecule has 6 nitrogen and oxygen atoms in total. The summed E-state index contributed by atoms with van der Waals surface area (Å²) in [4.78, 5) is 7.68. The first-order valence-electron chi connectivity index (χ1n) is 4.91. The molecule has 17 heavy (non-hydrogen) atoms. The van der Waals surface area contributed by atoms with Crippen LogP contribution in [-0.4, -0.2) is 28.3 Å². The molecular weight excluding hydrogens is 246 g/mol. The third kappa shape index (κ3) is 1.49. The fraction of sp³-hybridized carbons (Fsp3) is 0.200. The highest BCUT2D eigenvalue weighted by Gasteiger charge is 2.22. The Balaban J connectivity index is 2.43. The molecule has 0 amide bonds. The number of benzene rings is 1. The molecule has 1 aromatic heterocycles. The summed E-state index contributed by atoms with van der Waals surface area (Å²) in [6, 6.07) is 1.56. The predicted molar refractivity (Wildman–Crippen MR) is 61.6 cm³/mol. The number of hydrogen-bond donors (Lipinski definition) is 2. The normalized spacial score (nSPS) is 13.9. The molecule has 0 spiro atoms. The lowest BCUT2D eigenvalue weighted by Crippen LogP contribution is -2.16. The van der Waals surface area contributed by atoms with Gasteiger partial charge in [0.15, 0.2) is 11.5 Å². The van der Waals surface area contributed by atoms with Crippen LogP contribution in [0.4, 0.5) is 5.95 Å². The van der Waals surface area contributed by atoms with Crippen molar-refractivity contribution >= 4 is 28.5 Å². The third-order valence-corrected chi connectivity index (χ3v) is 2.71. The number of aromatic nitrogens is 2. The van der Waals surface area contributed by atoms with E-state index in [0.717, 1.165) is 0 Å². The standard InChI is InChI=1S/C10H8ClN3O3/c11-4-3-5-6(9(15)14-10(12)13-5)8-7(4)16-1-2-17-8/h3H,1-2H2,(H3,12,13,14,15). The van der Waals surface area contributed by atoms with Gasteiger partial charge >= 0.3 is 0 Å². The Morgan fingerprint density at radius 1 is 1.24 bits per heavy atom. The van der Waals surface area contributed by atoms with Crippen LogP contribution in [0.25, 0.3) is 10.9 Å². The molecule has 0 bridgehead atoms. The summed E-state index contributed by atoms with van der Waals surface area (Å²) in [5, 5.41) is 10.5. The minimum Gasteiger partial charge on any atom is -0.493 e. The largest absolute Gasteiger partial charge is 0.493 e. The zero-order chi connectivity index (χ0) is 12.0. The molecule has 0 atom stereocenters. The molecule has 0 saturated heterocycles. The van der Waals surface area contributed by atoms with E-state index in [-0.39, 0.29) is 11.8 Å². The molecule has 0 saturated carbocycles. The fourth-order valence-electron chi connectivity index (χ4n) is 1.77. The van der Waals surface area contributed by atoms with E-state index in [1.54, 1.807) is 6.07 Å². The number of nitrogen functional groups attached to an aromatic ring is 1. The van der Waals surface area contributed by atoms with Gasteiger partial charge in [-0.25, -0.2) is 4.98 Å². The molecule has 2 aromatic rings. The van der Waals surface area contributed by atoms with E-state index in [1.807, 2.05) is 0 Å². The average Bonchev–Trinajstić information content (AvgIpc) is 2.28. The molecule has 7 heteroatoms. The Morgan fingerprint density at radius 3 is 2.71 bits per heavy atom. The minimum atomic E-state index is -0.245. The molecule has 3 N–H and O–H groups in total. The van der Waals surface area contributed by atoms with Crippen LogP contribution in [0.3, 0.4) is 0 Å². The van der Waals surface area contributed by atoms with E-state index >= 15 is 0 Å². The predicted octanol–water partition coefficient (Wildman–Crippen LogP) is 1.34. The van der Waals surface area contributed by atoms with Crippen molar-refractivity contribution in [2.24, 2.45) is 0 Å². The Kier molecular flexibility index (Phi) is 2.12. The van der Waals surface area contributed by atoms with Gasteiger partial charge in [-0.05, 0) is 6.07 Å². The maximum atomic E-state index is 9.79. The second kappa shape index (κ2) is 3.53. The van der Waals surface area contributed by atoms with Gasteiger partial charge in [-0.15, -0.1) is 0 Å². The number of aromatic hydroxyl groups is 1. The van der Waals surface area contributed by atoms with Crippen LogP contribution >= 0.6 is 11.6 Å². The lowest BCUT2D eigenvalue weighted by Gasteiger charge is -2.20. The third-order valence-electron chi connectivity index (χ3n) is 2.42. The molecular formula is C10H8ClN3O3. The van der Waals surface area contributed by atoms with Crippen molar-refractivity contribution in [3.63, 3.8) is 0 Å². The van der Waals surface area contributed by atoms with Crippen LogP contribution < -0.4 is 15.2 Å². The summed E-state index contributed by atoms with van der Waals surface area (Å²) in [5.41, 5.74) is 5.87. The Hall–Kier alpha value is -1.95. The van der Waals surface area contributed by atoms with E-state index in [2.05, 4.69) is 9.97 Å². The number of anilines is 1. The highest BCUT2D eigenvalue weighted by atomic mass is 35.5. The lowest BCUT2D eigenvalue weighted by atomic mass is 10.2. The van der Waals surface area contributed by atoms with Crippen LogP contribution in [0.1, 0.15) is 0 Å². The van der Waals surface area contributed by atoms with Crippen molar-refractivity contribution in [1.82, 2.24) is 9.97 Å². The van der Waals surface area contributed by atoms with Gasteiger partial charge in [-0.3, -0.25) is 0 Å². The van der Waals surface area contributed by atoms with Gasteiger partial charge in [0.2, 0.25) is 11.8 Å². The first-order chi connectivity index (χ1) is 8.16. The van der Waals surface area contributed by atoms with Crippen LogP contribution in [-0.2, 0) is 0 Å². The molecule has 1 aliphatic heterocycles. The number of fused-ring (bicyclic) bond motifs is 3. The van der Waals surface area contributed by atoms with Crippen molar-refractivity contribution in [3.05, 3.63) is 11.1 Å². The molecule has 0 unspecified atom stereocenters. The molecule has 1 aromatic carbocycles. The van der Waals surface area contributed by atoms with Crippen molar-refractivity contribution in [2.75, 3.05) is 18.9 Å². The smallest absolute Gasteiger partial charge is 0.227 e. The topological polar surface area (TPSA) is 90.5 Å². The second-order valence-electron chi connectivity index (χ2n) is 3.51. The van der Waals surface area contributed by atoms with Gasteiger partial charge in [0, 0.05) is 0 Å². The van der Waals surface area contributed by atoms with E-state index in [1.165, 1.54) is 0 Å². The van der Waals surface area contributed by atoms with Gasteiger partial charge in [0.05, 0.1) is 10.5 Å². The first-order valence-corrected chi connectivity index (χ1v) is 5.29. The summed E-state index contributed by atoms with van der Waals surface area (Å²) in [5.74, 6) is 0.485. The Morgan fingerprint density at radius 2 is 1.94 bits per heavy atom. The maximum absolute atomic E-state index is 9.79. The van der Waals surface area contributed by atoms with Gasteiger partial charge < -0.3 is 20.3 Å². The maximum Gasteiger partial charge on any atom is 0.227 e. The van der Waals surface area contributed by atoms with Gasteiger partial charge in [0.25, 0.3) is 0 Å². The Bertz CT molecular complexity index is 618. The van der Waals surface area contributed by atoms with Crippen LogP contribution in [0, 0.1) is 0 Å². The summed E-state index contributed by atoms with van der Waals surface area (Å²) in [6.07, 6.45) is 0. The highest BCUT2D eigenvalue weighted by molar-refractivity contribution is 6.33. The molecule has 1 aliphatic rings. The number of halogens is 1. The van der Waals surface area contributed by atoms with Crippen molar-refractivity contribution < 1.29 is 14.6 Å². The van der Waals surface area contributed by atoms with Gasteiger partial charge in [-0.1, -0.05) is 11.6 Å². The molecule has 0 aliphatic carbocycles. The fourth-order valence-corrected chi connectivity index (χ4v) is 2.02. The zero-order valence-electron chi connectivity index (χ0n) is 8.61. The molecule has 88 valence electrons. The number of nitrogens with two attached hydrogens (primary N) is 1. The average molecular weight is 254 g/mol. The van der Waals surface area contributed by atoms with E-state index in [4.69, 9.17) is 26.8 Å². The minimum absolute atomic E-state index is 0.0252. The quantitative estimate of drug-likeness (QED) is 0.736. The summed E-state index contributed by atoms with van der Waals surface area (Å²) >= 11 is 6.04. The monoisotopic (exact) mass is 253 g/mol. The first kappa shape index (κ1) is 10.2. The SMILES string of the molecule is Nc1nc(O)c2c3c(c(Cl)cc2n1)OCCO3.